The van der Waals surface area contributed by atoms with Crippen molar-refractivity contribution in [2.45, 2.75) is 13.3 Å². The Morgan fingerprint density at radius 3 is 2.24 bits per heavy atom. The van der Waals surface area contributed by atoms with Crippen molar-refractivity contribution in [1.29, 1.82) is 0 Å². The average molecular weight is 283 g/mol. The highest BCUT2D eigenvalue weighted by Crippen LogP contribution is 2.21. The number of benzene rings is 2. The molecule has 0 saturated heterocycles. The molecule has 0 fully saturated rings. The Kier molecular flexibility index (Phi) is 4.93. The number of urea groups is 1. The van der Waals surface area contributed by atoms with Gasteiger partial charge < -0.3 is 10.5 Å². The fraction of sp³-hybridized carbons (Fsp3) is 0.125. The Balaban J connectivity index is 1.98. The van der Waals surface area contributed by atoms with E-state index in [1.165, 1.54) is 11.8 Å². The Morgan fingerprint density at radius 2 is 1.71 bits per heavy atom. The highest BCUT2D eigenvalue weighted by molar-refractivity contribution is 5.81. The molecular formula is C16H17N3O2. The van der Waals surface area contributed by atoms with E-state index < -0.39 is 6.03 Å². The van der Waals surface area contributed by atoms with Crippen molar-refractivity contribution in [3.8, 4) is 11.5 Å². The van der Waals surface area contributed by atoms with Crippen LogP contribution in [-0.2, 0) is 6.42 Å². The number of hydrogen-bond donors (Lipinski definition) is 2. The molecule has 0 aromatic heterocycles. The van der Waals surface area contributed by atoms with Gasteiger partial charge in [-0.2, -0.15) is 5.10 Å². The summed E-state index contributed by atoms with van der Waals surface area (Å²) in [4.78, 5) is 10.5. The first-order valence-electron chi connectivity index (χ1n) is 6.62. The van der Waals surface area contributed by atoms with E-state index in [-0.39, 0.29) is 0 Å². The quantitative estimate of drug-likeness (QED) is 0.653. The van der Waals surface area contributed by atoms with Crippen LogP contribution in [-0.4, -0.2) is 12.2 Å². The predicted molar refractivity (Wildman–Crippen MR) is 82.6 cm³/mol. The molecule has 5 heteroatoms. The van der Waals surface area contributed by atoms with Gasteiger partial charge in [-0.3, -0.25) is 0 Å². The third kappa shape index (κ3) is 4.65. The van der Waals surface area contributed by atoms with Gasteiger partial charge in [0.25, 0.3) is 0 Å². The molecule has 108 valence electrons. The van der Waals surface area contributed by atoms with Crippen LogP contribution in [0.4, 0.5) is 4.79 Å². The van der Waals surface area contributed by atoms with Gasteiger partial charge in [-0.05, 0) is 53.9 Å². The highest BCUT2D eigenvalue weighted by atomic mass is 16.5. The lowest BCUT2D eigenvalue weighted by atomic mass is 10.2. The molecule has 5 nitrogen and oxygen atoms in total. The van der Waals surface area contributed by atoms with E-state index in [0.717, 1.165) is 23.5 Å². The summed E-state index contributed by atoms with van der Waals surface area (Å²) in [6, 6.07) is 14.6. The van der Waals surface area contributed by atoms with Crippen LogP contribution in [0.2, 0.25) is 0 Å². The van der Waals surface area contributed by atoms with Crippen LogP contribution in [0.25, 0.3) is 0 Å². The number of primary amides is 1. The maximum atomic E-state index is 10.5. The molecule has 2 amide bonds. The molecule has 0 atom stereocenters. The molecule has 21 heavy (non-hydrogen) atoms. The Hall–Kier alpha value is -2.82. The van der Waals surface area contributed by atoms with Crippen molar-refractivity contribution in [3.63, 3.8) is 0 Å². The minimum atomic E-state index is -0.693. The number of aryl methyl sites for hydroxylation is 1. The molecular weight excluding hydrogens is 266 g/mol. The number of nitrogens with one attached hydrogen (secondary N) is 1. The topological polar surface area (TPSA) is 76.7 Å². The summed E-state index contributed by atoms with van der Waals surface area (Å²) in [7, 11) is 0. The van der Waals surface area contributed by atoms with E-state index in [9.17, 15) is 4.79 Å². The molecule has 0 saturated carbocycles. The zero-order valence-corrected chi connectivity index (χ0v) is 11.7. The lowest BCUT2D eigenvalue weighted by Crippen LogP contribution is -2.24. The number of carbonyl (C=O) groups excluding carboxylic acids is 1. The Bertz CT molecular complexity index is 619. The second-order valence-electron chi connectivity index (χ2n) is 4.40. The number of carbonyl (C=O) groups is 1. The number of hydrogen-bond acceptors (Lipinski definition) is 3. The smallest absolute Gasteiger partial charge is 0.332 e. The van der Waals surface area contributed by atoms with E-state index in [0.29, 0.717) is 0 Å². The molecule has 0 heterocycles. The van der Waals surface area contributed by atoms with Crippen LogP contribution in [0.5, 0.6) is 11.5 Å². The molecule has 0 aliphatic rings. The van der Waals surface area contributed by atoms with Gasteiger partial charge in [-0.15, -0.1) is 0 Å². The van der Waals surface area contributed by atoms with Crippen LogP contribution >= 0.6 is 0 Å². The minimum Gasteiger partial charge on any atom is -0.457 e. The molecule has 0 bridgehead atoms. The fourth-order valence-corrected chi connectivity index (χ4v) is 1.72. The van der Waals surface area contributed by atoms with Crippen LogP contribution in [0.15, 0.2) is 53.6 Å². The third-order valence-electron chi connectivity index (χ3n) is 2.84. The predicted octanol–water partition coefficient (Wildman–Crippen LogP) is 3.04. The molecule has 0 spiro atoms. The fourth-order valence-electron chi connectivity index (χ4n) is 1.72. The van der Waals surface area contributed by atoms with E-state index in [1.807, 2.05) is 48.5 Å². The third-order valence-corrected chi connectivity index (χ3v) is 2.84. The molecule has 2 rings (SSSR count). The van der Waals surface area contributed by atoms with Crippen LogP contribution < -0.4 is 15.9 Å². The van der Waals surface area contributed by atoms with Gasteiger partial charge in [0.05, 0.1) is 6.21 Å². The summed E-state index contributed by atoms with van der Waals surface area (Å²) in [5.74, 6) is 1.53. The van der Waals surface area contributed by atoms with E-state index in [4.69, 9.17) is 10.5 Å². The second kappa shape index (κ2) is 7.09. The summed E-state index contributed by atoms with van der Waals surface area (Å²) in [5.41, 5.74) is 9.14. The summed E-state index contributed by atoms with van der Waals surface area (Å²) >= 11 is 0. The first kappa shape index (κ1) is 14.6. The number of ether oxygens (including phenoxy) is 1. The number of nitrogens with zero attached hydrogens (tertiary/aromatic N) is 1. The van der Waals surface area contributed by atoms with E-state index in [2.05, 4.69) is 17.5 Å². The molecule has 2 aromatic rings. The number of amides is 2. The van der Waals surface area contributed by atoms with Crippen molar-refractivity contribution in [1.82, 2.24) is 5.43 Å². The summed E-state index contributed by atoms with van der Waals surface area (Å²) in [6.07, 6.45) is 2.51. The molecule has 0 unspecified atom stereocenters. The number of nitrogens with two attached hydrogens (primary N) is 1. The normalized spacial score (nSPS) is 10.5. The van der Waals surface area contributed by atoms with Crippen molar-refractivity contribution in [2.75, 3.05) is 0 Å². The lowest BCUT2D eigenvalue weighted by molar-refractivity contribution is 0.249. The zero-order chi connectivity index (χ0) is 15.1. The van der Waals surface area contributed by atoms with Gasteiger partial charge in [0.15, 0.2) is 0 Å². The molecule has 0 radical (unpaired) electrons. The highest BCUT2D eigenvalue weighted by Gasteiger charge is 1.98. The maximum Gasteiger partial charge on any atom is 0.332 e. The summed E-state index contributed by atoms with van der Waals surface area (Å²) in [6.45, 7) is 2.11. The minimum absolute atomic E-state index is 0.693. The number of hydrazone groups is 1. The van der Waals surface area contributed by atoms with Gasteiger partial charge in [0.1, 0.15) is 11.5 Å². The van der Waals surface area contributed by atoms with Crippen molar-refractivity contribution in [3.05, 3.63) is 59.7 Å². The summed E-state index contributed by atoms with van der Waals surface area (Å²) < 4.78 is 5.74. The van der Waals surface area contributed by atoms with Crippen molar-refractivity contribution < 1.29 is 9.53 Å². The Morgan fingerprint density at radius 1 is 1.14 bits per heavy atom. The standard InChI is InChI=1S/C16H17N3O2/c1-2-12-3-7-14(8-4-12)21-15-9-5-13(6-10-15)11-18-19-16(17)20/h3-11H,2H2,1H3,(H3,17,19,20). The lowest BCUT2D eigenvalue weighted by Gasteiger charge is -2.06. The molecule has 2 aromatic carbocycles. The molecule has 3 N–H and O–H groups in total. The second-order valence-corrected chi connectivity index (χ2v) is 4.40. The SMILES string of the molecule is CCc1ccc(Oc2ccc(C=NNC(N)=O)cc2)cc1. The van der Waals surface area contributed by atoms with Crippen LogP contribution in [0.3, 0.4) is 0 Å². The average Bonchev–Trinajstić information content (AvgIpc) is 2.49. The van der Waals surface area contributed by atoms with Gasteiger partial charge in [-0.25, -0.2) is 10.2 Å². The Labute approximate surface area is 123 Å². The zero-order valence-electron chi connectivity index (χ0n) is 11.7. The first-order chi connectivity index (χ1) is 10.2. The van der Waals surface area contributed by atoms with Crippen molar-refractivity contribution >= 4 is 12.2 Å². The van der Waals surface area contributed by atoms with Crippen LogP contribution in [0, 0.1) is 0 Å². The first-order valence-corrected chi connectivity index (χ1v) is 6.62. The maximum absolute atomic E-state index is 10.5. The van der Waals surface area contributed by atoms with Gasteiger partial charge >= 0.3 is 6.03 Å². The van der Waals surface area contributed by atoms with E-state index in [1.54, 1.807) is 0 Å². The monoisotopic (exact) mass is 283 g/mol. The van der Waals surface area contributed by atoms with Crippen LogP contribution in [0.1, 0.15) is 18.1 Å². The van der Waals surface area contributed by atoms with Gasteiger partial charge in [-0.1, -0.05) is 19.1 Å². The van der Waals surface area contributed by atoms with E-state index >= 15 is 0 Å². The summed E-state index contributed by atoms with van der Waals surface area (Å²) in [5, 5.41) is 3.68. The molecule has 0 aliphatic heterocycles. The number of rotatable bonds is 5. The van der Waals surface area contributed by atoms with Crippen molar-refractivity contribution in [2.24, 2.45) is 10.8 Å². The molecule has 0 aliphatic carbocycles. The van der Waals surface area contributed by atoms with Gasteiger partial charge in [0.2, 0.25) is 0 Å². The van der Waals surface area contributed by atoms with Gasteiger partial charge in [0, 0.05) is 0 Å². The largest absolute Gasteiger partial charge is 0.457 e.